The van der Waals surface area contributed by atoms with Crippen LogP contribution in [0.3, 0.4) is 0 Å². The smallest absolute Gasteiger partial charge is 0.335 e. The van der Waals surface area contributed by atoms with E-state index in [0.29, 0.717) is 22.7 Å². The summed E-state index contributed by atoms with van der Waals surface area (Å²) in [5.41, 5.74) is -2.86. The molecule has 0 saturated heterocycles. The molecule has 0 spiro atoms. The fourth-order valence-electron chi connectivity index (χ4n) is 2.02. The number of pyridine rings is 2. The van der Waals surface area contributed by atoms with Gasteiger partial charge in [-0.3, -0.25) is 4.98 Å². The van der Waals surface area contributed by atoms with Gasteiger partial charge in [0.05, 0.1) is 5.52 Å². The summed E-state index contributed by atoms with van der Waals surface area (Å²) in [7, 11) is 0. The molecule has 0 bridgehead atoms. The van der Waals surface area contributed by atoms with Crippen LogP contribution in [0.15, 0.2) is 40.4 Å². The van der Waals surface area contributed by atoms with E-state index in [4.69, 9.17) is 0 Å². The third-order valence-corrected chi connectivity index (χ3v) is 4.46. The van der Waals surface area contributed by atoms with Gasteiger partial charge in [0.1, 0.15) is 5.69 Å². The molecule has 0 aliphatic heterocycles. The number of hydrogen-bond donors (Lipinski definition) is 1. The molecule has 9 heteroatoms. The quantitative estimate of drug-likeness (QED) is 0.684. The standard InChI is InChI=1S/C14H11F3N4S2/c1-2-22-10-4-3-5-18-11(10)13-20-9-6-8(23-14(15,16)17)7-19-12(9)21-13/h3-7H,2H2,1H3,(H,19,20,21). The van der Waals surface area contributed by atoms with Gasteiger partial charge in [0.25, 0.3) is 0 Å². The van der Waals surface area contributed by atoms with Crippen molar-refractivity contribution in [1.29, 1.82) is 0 Å². The molecule has 0 amide bonds. The Bertz CT molecular complexity index is 832. The van der Waals surface area contributed by atoms with E-state index in [1.807, 2.05) is 19.1 Å². The van der Waals surface area contributed by atoms with Gasteiger partial charge >= 0.3 is 5.51 Å². The lowest BCUT2D eigenvalue weighted by molar-refractivity contribution is -0.0328. The van der Waals surface area contributed by atoms with Gasteiger partial charge in [0, 0.05) is 22.2 Å². The van der Waals surface area contributed by atoms with Gasteiger partial charge in [-0.15, -0.1) is 11.8 Å². The molecule has 4 nitrogen and oxygen atoms in total. The number of fused-ring (bicyclic) bond motifs is 1. The Morgan fingerprint density at radius 1 is 1.26 bits per heavy atom. The molecule has 3 aromatic heterocycles. The van der Waals surface area contributed by atoms with Crippen LogP contribution in [0, 0.1) is 0 Å². The predicted octanol–water partition coefficient (Wildman–Crippen LogP) is 4.74. The highest BCUT2D eigenvalue weighted by Gasteiger charge is 2.29. The molecule has 0 saturated carbocycles. The Labute approximate surface area is 138 Å². The molecular formula is C14H11F3N4S2. The number of aromatic nitrogens is 4. The molecule has 3 heterocycles. The number of nitrogens with one attached hydrogen (secondary N) is 1. The highest BCUT2D eigenvalue weighted by Crippen LogP contribution is 2.37. The van der Waals surface area contributed by atoms with E-state index in [2.05, 4.69) is 19.9 Å². The number of halogens is 3. The third-order valence-electron chi connectivity index (χ3n) is 2.84. The lowest BCUT2D eigenvalue weighted by Crippen LogP contribution is -1.99. The average molecular weight is 356 g/mol. The fraction of sp³-hybridized carbons (Fsp3) is 0.214. The number of aromatic amines is 1. The van der Waals surface area contributed by atoms with Crippen molar-refractivity contribution in [2.24, 2.45) is 0 Å². The normalized spacial score (nSPS) is 12.0. The number of rotatable bonds is 4. The summed E-state index contributed by atoms with van der Waals surface area (Å²) in [6.45, 7) is 2.03. The van der Waals surface area contributed by atoms with E-state index in [-0.39, 0.29) is 16.7 Å². The zero-order valence-corrected chi connectivity index (χ0v) is 13.5. The molecule has 1 N–H and O–H groups in total. The minimum absolute atomic E-state index is 0.0179. The summed E-state index contributed by atoms with van der Waals surface area (Å²) < 4.78 is 37.3. The molecular weight excluding hydrogens is 345 g/mol. The number of thioether (sulfide) groups is 2. The number of imidazole rings is 1. The van der Waals surface area contributed by atoms with Crippen molar-refractivity contribution < 1.29 is 13.2 Å². The van der Waals surface area contributed by atoms with Crippen molar-refractivity contribution >= 4 is 34.7 Å². The van der Waals surface area contributed by atoms with E-state index >= 15 is 0 Å². The van der Waals surface area contributed by atoms with E-state index in [1.54, 1.807) is 18.0 Å². The summed E-state index contributed by atoms with van der Waals surface area (Å²) in [5, 5.41) is 0. The van der Waals surface area contributed by atoms with Crippen molar-refractivity contribution in [1.82, 2.24) is 19.9 Å². The second-order valence-electron chi connectivity index (χ2n) is 4.46. The van der Waals surface area contributed by atoms with Gasteiger partial charge in [-0.25, -0.2) is 9.97 Å². The van der Waals surface area contributed by atoms with Gasteiger partial charge in [0.2, 0.25) is 0 Å². The largest absolute Gasteiger partial charge is 0.446 e. The van der Waals surface area contributed by atoms with Gasteiger partial charge in [0.15, 0.2) is 11.5 Å². The molecule has 0 atom stereocenters. The van der Waals surface area contributed by atoms with Crippen molar-refractivity contribution in [3.8, 4) is 11.5 Å². The van der Waals surface area contributed by atoms with Crippen LogP contribution < -0.4 is 0 Å². The maximum Gasteiger partial charge on any atom is 0.446 e. The van der Waals surface area contributed by atoms with Gasteiger partial charge < -0.3 is 4.98 Å². The Kier molecular flexibility index (Phi) is 4.49. The first-order valence-corrected chi connectivity index (χ1v) is 8.46. The second-order valence-corrected chi connectivity index (χ2v) is 6.90. The molecule has 0 aliphatic carbocycles. The molecule has 120 valence electrons. The summed E-state index contributed by atoms with van der Waals surface area (Å²) in [6, 6.07) is 5.16. The predicted molar refractivity (Wildman–Crippen MR) is 85.4 cm³/mol. The lowest BCUT2D eigenvalue weighted by atomic mass is 10.3. The van der Waals surface area contributed by atoms with Crippen LogP contribution >= 0.6 is 23.5 Å². The molecule has 0 radical (unpaired) electrons. The Morgan fingerprint density at radius 3 is 2.83 bits per heavy atom. The van der Waals surface area contributed by atoms with Crippen LogP contribution in [0.1, 0.15) is 6.92 Å². The maximum atomic E-state index is 12.4. The van der Waals surface area contributed by atoms with Gasteiger partial charge in [-0.1, -0.05) is 6.92 Å². The van der Waals surface area contributed by atoms with E-state index in [0.717, 1.165) is 10.6 Å². The molecule has 3 aromatic rings. The minimum atomic E-state index is -4.34. The van der Waals surface area contributed by atoms with E-state index in [1.165, 1.54) is 12.3 Å². The Hall–Kier alpha value is -1.74. The van der Waals surface area contributed by atoms with Crippen LogP contribution in [-0.2, 0) is 0 Å². The van der Waals surface area contributed by atoms with Crippen molar-refractivity contribution in [2.45, 2.75) is 22.2 Å². The first-order chi connectivity index (χ1) is 11.0. The zero-order chi connectivity index (χ0) is 16.4. The highest BCUT2D eigenvalue weighted by molar-refractivity contribution is 8.00. The number of H-pyrrole nitrogens is 1. The average Bonchev–Trinajstić information content (AvgIpc) is 2.89. The molecule has 23 heavy (non-hydrogen) atoms. The van der Waals surface area contributed by atoms with Gasteiger partial charge in [-0.05, 0) is 35.7 Å². The Morgan fingerprint density at radius 2 is 2.09 bits per heavy atom. The minimum Gasteiger partial charge on any atom is -0.335 e. The first-order valence-electron chi connectivity index (χ1n) is 6.66. The SMILES string of the molecule is CCSc1cccnc1-c1nc2ncc(SC(F)(F)F)cc2[nH]1. The molecule has 0 aromatic carbocycles. The molecule has 0 aliphatic rings. The summed E-state index contributed by atoms with van der Waals surface area (Å²) in [4.78, 5) is 16.6. The highest BCUT2D eigenvalue weighted by atomic mass is 32.2. The number of nitrogens with zero attached hydrogens (tertiary/aromatic N) is 3. The van der Waals surface area contributed by atoms with Gasteiger partial charge in [-0.2, -0.15) is 13.2 Å². The lowest BCUT2D eigenvalue weighted by Gasteiger charge is -2.04. The second kappa shape index (κ2) is 6.40. The maximum absolute atomic E-state index is 12.4. The van der Waals surface area contributed by atoms with Crippen molar-refractivity contribution in [3.63, 3.8) is 0 Å². The summed E-state index contributed by atoms with van der Waals surface area (Å²) in [5.74, 6) is 1.38. The first kappa shape index (κ1) is 16.1. The third kappa shape index (κ3) is 3.78. The number of alkyl halides is 3. The topological polar surface area (TPSA) is 54.5 Å². The van der Waals surface area contributed by atoms with Crippen LogP contribution in [-0.4, -0.2) is 31.2 Å². The summed E-state index contributed by atoms with van der Waals surface area (Å²) >= 11 is 1.42. The molecule has 3 rings (SSSR count). The fourth-order valence-corrected chi connectivity index (χ4v) is 3.34. The monoisotopic (exact) mass is 356 g/mol. The summed E-state index contributed by atoms with van der Waals surface area (Å²) in [6.07, 6.45) is 2.83. The zero-order valence-electron chi connectivity index (χ0n) is 11.9. The van der Waals surface area contributed by atoms with Crippen LogP contribution in [0.2, 0.25) is 0 Å². The van der Waals surface area contributed by atoms with Crippen LogP contribution in [0.5, 0.6) is 0 Å². The van der Waals surface area contributed by atoms with Crippen LogP contribution in [0.25, 0.3) is 22.7 Å². The molecule has 0 fully saturated rings. The van der Waals surface area contributed by atoms with Crippen molar-refractivity contribution in [2.75, 3.05) is 5.75 Å². The van der Waals surface area contributed by atoms with E-state index < -0.39 is 5.51 Å². The van der Waals surface area contributed by atoms with Crippen LogP contribution in [0.4, 0.5) is 13.2 Å². The van der Waals surface area contributed by atoms with E-state index in [9.17, 15) is 13.2 Å². The van der Waals surface area contributed by atoms with Crippen molar-refractivity contribution in [3.05, 3.63) is 30.6 Å². The number of hydrogen-bond acceptors (Lipinski definition) is 5. The molecule has 0 unspecified atom stereocenters. The Balaban J connectivity index is 2.00.